The van der Waals surface area contributed by atoms with E-state index in [1.807, 2.05) is 25.4 Å². The fraction of sp³-hybridized carbons (Fsp3) is 0.522. The summed E-state index contributed by atoms with van der Waals surface area (Å²) in [4.78, 5) is 24.5. The van der Waals surface area contributed by atoms with Gasteiger partial charge in [-0.05, 0) is 43.2 Å². The second-order valence-electron chi connectivity index (χ2n) is 8.67. The zero-order chi connectivity index (χ0) is 21.2. The largest absolute Gasteiger partial charge is 0.379 e. The summed E-state index contributed by atoms with van der Waals surface area (Å²) >= 11 is 0. The number of ether oxygens (including phenoxy) is 1. The Kier molecular flexibility index (Phi) is 5.74. The lowest BCUT2D eigenvalue weighted by Crippen LogP contribution is -2.45. The monoisotopic (exact) mass is 420 g/mol. The van der Waals surface area contributed by atoms with Crippen LogP contribution in [0.1, 0.15) is 31.4 Å². The first-order valence-corrected chi connectivity index (χ1v) is 11.1. The van der Waals surface area contributed by atoms with Crippen molar-refractivity contribution in [2.24, 2.45) is 13.0 Å². The zero-order valence-corrected chi connectivity index (χ0v) is 17.9. The van der Waals surface area contributed by atoms with Crippen LogP contribution < -0.4 is 0 Å². The van der Waals surface area contributed by atoms with Crippen LogP contribution in [0.15, 0.2) is 30.7 Å². The van der Waals surface area contributed by atoms with Crippen LogP contribution in [0.3, 0.4) is 0 Å². The van der Waals surface area contributed by atoms with Crippen molar-refractivity contribution in [2.45, 2.75) is 38.1 Å². The van der Waals surface area contributed by atoms with E-state index in [1.165, 1.54) is 0 Å². The van der Waals surface area contributed by atoms with E-state index in [0.717, 1.165) is 79.8 Å². The van der Waals surface area contributed by atoms with Gasteiger partial charge in [0.05, 0.1) is 25.1 Å². The maximum absolute atomic E-state index is 13.0. The Labute approximate surface area is 181 Å². The molecule has 1 aliphatic carbocycles. The van der Waals surface area contributed by atoms with Gasteiger partial charge in [0, 0.05) is 62.0 Å². The number of Topliss-reactive ketones (excluding diaryl/α,β-unsaturated/α-hetero) is 1. The highest BCUT2D eigenvalue weighted by Crippen LogP contribution is 2.29. The molecular formula is C23H28N6O2. The molecule has 8 nitrogen and oxygen atoms in total. The van der Waals surface area contributed by atoms with Crippen LogP contribution in [-0.2, 0) is 23.0 Å². The van der Waals surface area contributed by atoms with E-state index >= 15 is 0 Å². The van der Waals surface area contributed by atoms with Crippen LogP contribution in [0.5, 0.6) is 0 Å². The van der Waals surface area contributed by atoms with Gasteiger partial charge in [0.2, 0.25) is 0 Å². The number of carbonyl (C=O) groups is 1. The second kappa shape index (κ2) is 8.80. The molecule has 4 heterocycles. The van der Waals surface area contributed by atoms with Crippen LogP contribution in [0, 0.1) is 5.92 Å². The lowest BCUT2D eigenvalue weighted by molar-refractivity contribution is -0.123. The van der Waals surface area contributed by atoms with Gasteiger partial charge in [-0.2, -0.15) is 0 Å². The SMILES string of the molecule is Cn1cc(-c2cc3cc(CC(=O)C4CCC(N5CCOCC5)CC4)ncc3cn2)nn1. The molecule has 1 aliphatic heterocycles. The van der Waals surface area contributed by atoms with Crippen LogP contribution in [0.25, 0.3) is 22.2 Å². The minimum Gasteiger partial charge on any atom is -0.379 e. The molecule has 0 aromatic carbocycles. The van der Waals surface area contributed by atoms with Crippen molar-refractivity contribution in [1.82, 2.24) is 29.9 Å². The van der Waals surface area contributed by atoms with Crippen molar-refractivity contribution < 1.29 is 9.53 Å². The number of rotatable bonds is 5. The normalized spacial score (nSPS) is 22.6. The minimum absolute atomic E-state index is 0.155. The predicted octanol–water partition coefficient (Wildman–Crippen LogP) is 2.43. The van der Waals surface area contributed by atoms with Gasteiger partial charge >= 0.3 is 0 Å². The first kappa shape index (κ1) is 20.2. The molecule has 162 valence electrons. The molecule has 1 saturated carbocycles. The van der Waals surface area contributed by atoms with E-state index in [9.17, 15) is 4.79 Å². The molecule has 3 aromatic rings. The van der Waals surface area contributed by atoms with Gasteiger partial charge in [-0.15, -0.1) is 5.10 Å². The summed E-state index contributed by atoms with van der Waals surface area (Å²) in [7, 11) is 1.83. The molecule has 0 unspecified atom stereocenters. The van der Waals surface area contributed by atoms with Crippen LogP contribution >= 0.6 is 0 Å². The number of nitrogens with zero attached hydrogens (tertiary/aromatic N) is 6. The van der Waals surface area contributed by atoms with Gasteiger partial charge in [0.25, 0.3) is 0 Å². The maximum atomic E-state index is 13.0. The molecule has 2 fully saturated rings. The average Bonchev–Trinajstić information content (AvgIpc) is 3.25. The van der Waals surface area contributed by atoms with Crippen LogP contribution in [-0.4, -0.2) is 68.0 Å². The highest BCUT2D eigenvalue weighted by atomic mass is 16.5. The number of carbonyl (C=O) groups excluding carboxylic acids is 1. The predicted molar refractivity (Wildman–Crippen MR) is 116 cm³/mol. The summed E-state index contributed by atoms with van der Waals surface area (Å²) in [6, 6.07) is 4.61. The number of hydrogen-bond donors (Lipinski definition) is 0. The molecule has 8 heteroatoms. The van der Waals surface area contributed by atoms with Gasteiger partial charge in [0.15, 0.2) is 0 Å². The van der Waals surface area contributed by atoms with E-state index in [0.29, 0.717) is 18.2 Å². The number of pyridine rings is 2. The fourth-order valence-electron chi connectivity index (χ4n) is 4.81. The molecule has 0 spiro atoms. The van der Waals surface area contributed by atoms with E-state index in [4.69, 9.17) is 4.74 Å². The minimum atomic E-state index is 0.155. The molecule has 1 saturated heterocycles. The molecule has 0 bridgehead atoms. The molecule has 0 amide bonds. The smallest absolute Gasteiger partial charge is 0.141 e. The quantitative estimate of drug-likeness (QED) is 0.627. The van der Waals surface area contributed by atoms with Crippen molar-refractivity contribution in [2.75, 3.05) is 26.3 Å². The number of fused-ring (bicyclic) bond motifs is 1. The van der Waals surface area contributed by atoms with Gasteiger partial charge < -0.3 is 4.74 Å². The van der Waals surface area contributed by atoms with Crippen molar-refractivity contribution in [3.8, 4) is 11.4 Å². The maximum Gasteiger partial charge on any atom is 0.141 e. The van der Waals surface area contributed by atoms with Crippen molar-refractivity contribution in [3.63, 3.8) is 0 Å². The van der Waals surface area contributed by atoms with E-state index in [1.54, 1.807) is 17.1 Å². The molecular weight excluding hydrogens is 392 g/mol. The summed E-state index contributed by atoms with van der Waals surface area (Å²) in [6.07, 6.45) is 10.0. The summed E-state index contributed by atoms with van der Waals surface area (Å²) < 4.78 is 7.12. The van der Waals surface area contributed by atoms with Crippen LogP contribution in [0.2, 0.25) is 0 Å². The molecule has 0 N–H and O–H groups in total. The average molecular weight is 421 g/mol. The van der Waals surface area contributed by atoms with E-state index in [-0.39, 0.29) is 5.92 Å². The molecule has 31 heavy (non-hydrogen) atoms. The summed E-state index contributed by atoms with van der Waals surface area (Å²) in [5.41, 5.74) is 2.32. The standard InChI is InChI=1S/C23H28N6O2/c1-28-15-22(26-27-28)21-11-17-10-19(24-13-18(17)14-25-21)12-23(30)16-2-4-20(5-3-16)29-6-8-31-9-7-29/h10-11,13-16,20H,2-9,12H2,1H3. The lowest BCUT2D eigenvalue weighted by atomic mass is 9.81. The van der Waals surface area contributed by atoms with Gasteiger partial charge in [0.1, 0.15) is 11.5 Å². The molecule has 5 rings (SSSR count). The number of hydrogen-bond acceptors (Lipinski definition) is 7. The summed E-state index contributed by atoms with van der Waals surface area (Å²) in [5, 5.41) is 10.1. The van der Waals surface area contributed by atoms with E-state index < -0.39 is 0 Å². The first-order chi connectivity index (χ1) is 15.2. The van der Waals surface area contributed by atoms with Gasteiger partial charge in [-0.25, -0.2) is 0 Å². The summed E-state index contributed by atoms with van der Waals surface area (Å²) in [5.74, 6) is 0.470. The van der Waals surface area contributed by atoms with E-state index in [2.05, 4.69) is 25.2 Å². The number of morpholine rings is 1. The molecule has 0 radical (unpaired) electrons. The van der Waals surface area contributed by atoms with Crippen molar-refractivity contribution in [1.29, 1.82) is 0 Å². The molecule has 2 aliphatic rings. The number of aromatic nitrogens is 5. The van der Waals surface area contributed by atoms with Gasteiger partial charge in [-0.3, -0.25) is 24.3 Å². The Morgan fingerprint density at radius 3 is 2.55 bits per heavy atom. The first-order valence-electron chi connectivity index (χ1n) is 11.1. The third-order valence-electron chi connectivity index (χ3n) is 6.59. The highest BCUT2D eigenvalue weighted by Gasteiger charge is 2.30. The Bertz CT molecular complexity index is 1070. The molecule has 3 aromatic heterocycles. The Morgan fingerprint density at radius 1 is 1.03 bits per heavy atom. The number of aryl methyl sites for hydroxylation is 1. The fourth-order valence-corrected chi connectivity index (χ4v) is 4.81. The molecule has 0 atom stereocenters. The second-order valence-corrected chi connectivity index (χ2v) is 8.67. The summed E-state index contributed by atoms with van der Waals surface area (Å²) in [6.45, 7) is 3.71. The topological polar surface area (TPSA) is 86.0 Å². The van der Waals surface area contributed by atoms with Crippen molar-refractivity contribution >= 4 is 16.6 Å². The Balaban J connectivity index is 1.24. The van der Waals surface area contributed by atoms with Crippen molar-refractivity contribution in [3.05, 3.63) is 36.4 Å². The lowest BCUT2D eigenvalue weighted by Gasteiger charge is -2.38. The van der Waals surface area contributed by atoms with Gasteiger partial charge in [-0.1, -0.05) is 5.21 Å². The highest BCUT2D eigenvalue weighted by molar-refractivity contribution is 5.87. The third-order valence-corrected chi connectivity index (χ3v) is 6.59. The third kappa shape index (κ3) is 4.50. The Hall–Kier alpha value is -2.71. The number of ketones is 1. The van der Waals surface area contributed by atoms with Crippen LogP contribution in [0.4, 0.5) is 0 Å². The Morgan fingerprint density at radius 2 is 1.81 bits per heavy atom. The zero-order valence-electron chi connectivity index (χ0n) is 17.9.